The van der Waals surface area contributed by atoms with Gasteiger partial charge >= 0.3 is 5.97 Å². The molecule has 0 unspecified atom stereocenters. The molecule has 0 saturated heterocycles. The van der Waals surface area contributed by atoms with Crippen LogP contribution in [0.4, 0.5) is 0 Å². The van der Waals surface area contributed by atoms with E-state index in [1.54, 1.807) is 6.07 Å². The fourth-order valence-corrected chi connectivity index (χ4v) is 1.68. The number of ether oxygens (including phenoxy) is 1. The third-order valence-corrected chi connectivity index (χ3v) is 2.89. The molecule has 0 saturated carbocycles. The minimum Gasteiger partial charge on any atom is -0.492 e. The van der Waals surface area contributed by atoms with Gasteiger partial charge in [-0.05, 0) is 53.4 Å². The van der Waals surface area contributed by atoms with Gasteiger partial charge in [0, 0.05) is 6.61 Å². The summed E-state index contributed by atoms with van der Waals surface area (Å²) in [6.07, 6.45) is 2.50. The summed E-state index contributed by atoms with van der Waals surface area (Å²) in [5, 5.41) is 17.5. The first-order chi connectivity index (χ1) is 8.15. The summed E-state index contributed by atoms with van der Waals surface area (Å²) in [6, 6.07) is 4.68. The first kappa shape index (κ1) is 14.0. The van der Waals surface area contributed by atoms with Crippen LogP contribution in [0.1, 0.15) is 29.6 Å². The van der Waals surface area contributed by atoms with Crippen LogP contribution in [0.3, 0.4) is 0 Å². The van der Waals surface area contributed by atoms with Crippen molar-refractivity contribution in [3.8, 4) is 5.75 Å². The normalized spacial score (nSPS) is 10.2. The van der Waals surface area contributed by atoms with Crippen molar-refractivity contribution >= 4 is 21.9 Å². The molecular weight excluding hydrogens is 288 g/mol. The standard InChI is InChI=1S/C12H15BrO4/c13-10-5-4-9(12(15)16)8-11(10)17-7-3-1-2-6-14/h4-5,8,14H,1-3,6-7H2,(H,15,16). The lowest BCUT2D eigenvalue weighted by atomic mass is 10.2. The Kier molecular flexibility index (Phi) is 6.00. The lowest BCUT2D eigenvalue weighted by Crippen LogP contribution is -2.01. The zero-order valence-corrected chi connectivity index (χ0v) is 10.9. The van der Waals surface area contributed by atoms with Crippen molar-refractivity contribution in [1.82, 2.24) is 0 Å². The third-order valence-electron chi connectivity index (χ3n) is 2.24. The predicted octanol–water partition coefficient (Wildman–Crippen LogP) is 2.69. The van der Waals surface area contributed by atoms with Crippen LogP contribution in [0.5, 0.6) is 5.75 Å². The van der Waals surface area contributed by atoms with E-state index in [0.717, 1.165) is 23.7 Å². The van der Waals surface area contributed by atoms with E-state index in [1.165, 1.54) is 12.1 Å². The summed E-state index contributed by atoms with van der Waals surface area (Å²) in [6.45, 7) is 0.708. The topological polar surface area (TPSA) is 66.8 Å². The summed E-state index contributed by atoms with van der Waals surface area (Å²) >= 11 is 3.30. The van der Waals surface area contributed by atoms with Gasteiger partial charge in [0.15, 0.2) is 0 Å². The first-order valence-corrected chi connectivity index (χ1v) is 6.21. The van der Waals surface area contributed by atoms with Crippen LogP contribution in [-0.2, 0) is 0 Å². The second kappa shape index (κ2) is 7.29. The van der Waals surface area contributed by atoms with E-state index >= 15 is 0 Å². The molecule has 0 bridgehead atoms. The Labute approximate surface area is 108 Å². The number of hydrogen-bond acceptors (Lipinski definition) is 3. The molecule has 0 atom stereocenters. The van der Waals surface area contributed by atoms with E-state index < -0.39 is 5.97 Å². The smallest absolute Gasteiger partial charge is 0.335 e. The second-order valence-electron chi connectivity index (χ2n) is 3.58. The molecule has 0 aliphatic rings. The Hall–Kier alpha value is -1.07. The van der Waals surface area contributed by atoms with Gasteiger partial charge in [-0.15, -0.1) is 0 Å². The van der Waals surface area contributed by atoms with Gasteiger partial charge in [0.1, 0.15) is 5.75 Å². The molecule has 1 aromatic carbocycles. The highest BCUT2D eigenvalue weighted by Crippen LogP contribution is 2.26. The average Bonchev–Trinajstić information content (AvgIpc) is 2.30. The van der Waals surface area contributed by atoms with Crippen molar-refractivity contribution in [2.24, 2.45) is 0 Å². The van der Waals surface area contributed by atoms with Crippen LogP contribution >= 0.6 is 15.9 Å². The number of aromatic carboxylic acids is 1. The number of carboxylic acid groups (broad SMARTS) is 1. The molecule has 0 aliphatic carbocycles. The average molecular weight is 303 g/mol. The monoisotopic (exact) mass is 302 g/mol. The molecule has 0 amide bonds. The molecular formula is C12H15BrO4. The van der Waals surface area contributed by atoms with Crippen molar-refractivity contribution in [2.75, 3.05) is 13.2 Å². The Morgan fingerprint density at radius 1 is 1.29 bits per heavy atom. The van der Waals surface area contributed by atoms with Gasteiger partial charge in [-0.1, -0.05) is 0 Å². The van der Waals surface area contributed by atoms with E-state index in [9.17, 15) is 4.79 Å². The molecule has 17 heavy (non-hydrogen) atoms. The Morgan fingerprint density at radius 3 is 2.71 bits per heavy atom. The van der Waals surface area contributed by atoms with Gasteiger partial charge in [-0.2, -0.15) is 0 Å². The van der Waals surface area contributed by atoms with Crippen LogP contribution in [0.2, 0.25) is 0 Å². The van der Waals surface area contributed by atoms with Crippen LogP contribution in [0.25, 0.3) is 0 Å². The molecule has 1 aromatic rings. The highest BCUT2D eigenvalue weighted by atomic mass is 79.9. The number of halogens is 1. The maximum Gasteiger partial charge on any atom is 0.335 e. The molecule has 0 spiro atoms. The number of benzene rings is 1. The van der Waals surface area contributed by atoms with Crippen molar-refractivity contribution in [1.29, 1.82) is 0 Å². The number of carboxylic acids is 1. The van der Waals surface area contributed by atoms with E-state index in [4.69, 9.17) is 14.9 Å². The lowest BCUT2D eigenvalue weighted by Gasteiger charge is -2.08. The maximum atomic E-state index is 10.8. The summed E-state index contributed by atoms with van der Waals surface area (Å²) in [5.41, 5.74) is 0.207. The van der Waals surface area contributed by atoms with Gasteiger partial charge in [0.25, 0.3) is 0 Å². The van der Waals surface area contributed by atoms with Crippen LogP contribution in [-0.4, -0.2) is 29.4 Å². The van der Waals surface area contributed by atoms with Gasteiger partial charge in [-0.25, -0.2) is 4.79 Å². The molecule has 94 valence electrons. The third kappa shape index (κ3) is 4.75. The quantitative estimate of drug-likeness (QED) is 0.760. The number of carbonyl (C=O) groups is 1. The maximum absolute atomic E-state index is 10.8. The van der Waals surface area contributed by atoms with Gasteiger partial charge < -0.3 is 14.9 Å². The van der Waals surface area contributed by atoms with Crippen molar-refractivity contribution in [3.63, 3.8) is 0 Å². The van der Waals surface area contributed by atoms with Crippen LogP contribution < -0.4 is 4.74 Å². The summed E-state index contributed by atoms with van der Waals surface area (Å²) in [4.78, 5) is 10.8. The fourth-order valence-electron chi connectivity index (χ4n) is 1.32. The second-order valence-corrected chi connectivity index (χ2v) is 4.44. The Morgan fingerprint density at radius 2 is 2.06 bits per heavy atom. The lowest BCUT2D eigenvalue weighted by molar-refractivity contribution is 0.0696. The Balaban J connectivity index is 2.51. The molecule has 0 heterocycles. The SMILES string of the molecule is O=C(O)c1ccc(Br)c(OCCCCCO)c1. The first-order valence-electron chi connectivity index (χ1n) is 5.41. The summed E-state index contributed by atoms with van der Waals surface area (Å²) in [7, 11) is 0. The van der Waals surface area contributed by atoms with E-state index in [-0.39, 0.29) is 12.2 Å². The number of aliphatic hydroxyl groups is 1. The van der Waals surface area contributed by atoms with Gasteiger partial charge in [-0.3, -0.25) is 0 Å². The Bertz CT molecular complexity index is 379. The predicted molar refractivity (Wildman–Crippen MR) is 67.5 cm³/mol. The number of hydrogen-bond donors (Lipinski definition) is 2. The zero-order valence-electron chi connectivity index (χ0n) is 9.36. The van der Waals surface area contributed by atoms with Gasteiger partial charge in [0.05, 0.1) is 16.6 Å². The highest BCUT2D eigenvalue weighted by molar-refractivity contribution is 9.10. The van der Waals surface area contributed by atoms with Crippen LogP contribution in [0, 0.1) is 0 Å². The van der Waals surface area contributed by atoms with Crippen molar-refractivity contribution in [3.05, 3.63) is 28.2 Å². The van der Waals surface area contributed by atoms with Crippen molar-refractivity contribution < 1.29 is 19.7 Å². The van der Waals surface area contributed by atoms with E-state index in [1.807, 2.05) is 0 Å². The minimum atomic E-state index is -0.970. The molecule has 2 N–H and O–H groups in total. The summed E-state index contributed by atoms with van der Waals surface area (Å²) < 4.78 is 6.22. The largest absolute Gasteiger partial charge is 0.492 e. The zero-order chi connectivity index (χ0) is 12.7. The van der Waals surface area contributed by atoms with Crippen molar-refractivity contribution in [2.45, 2.75) is 19.3 Å². The molecule has 5 heteroatoms. The number of rotatable bonds is 7. The van der Waals surface area contributed by atoms with Crippen LogP contribution in [0.15, 0.2) is 22.7 Å². The molecule has 0 radical (unpaired) electrons. The highest BCUT2D eigenvalue weighted by Gasteiger charge is 2.07. The van der Waals surface area contributed by atoms with Gasteiger partial charge in [0.2, 0.25) is 0 Å². The molecule has 0 aliphatic heterocycles. The number of unbranched alkanes of at least 4 members (excludes halogenated alkanes) is 2. The molecule has 0 fully saturated rings. The molecule has 0 aromatic heterocycles. The molecule has 4 nitrogen and oxygen atoms in total. The number of aliphatic hydroxyl groups excluding tert-OH is 1. The summed E-state index contributed by atoms with van der Waals surface area (Å²) in [5.74, 6) is -0.434. The molecule has 1 rings (SSSR count). The van der Waals surface area contributed by atoms with E-state index in [2.05, 4.69) is 15.9 Å². The fraction of sp³-hybridized carbons (Fsp3) is 0.417. The van der Waals surface area contributed by atoms with E-state index in [0.29, 0.717) is 12.4 Å². The minimum absolute atomic E-state index is 0.193.